The highest BCUT2D eigenvalue weighted by Crippen LogP contribution is 2.43. The summed E-state index contributed by atoms with van der Waals surface area (Å²) in [5, 5.41) is 11.0. The van der Waals surface area contributed by atoms with Crippen molar-refractivity contribution in [3.63, 3.8) is 0 Å². The lowest BCUT2D eigenvalue weighted by atomic mass is 10.1. The molecular weight excluding hydrogens is 268 g/mol. The first kappa shape index (κ1) is 13.9. The monoisotopic (exact) mass is 288 g/mol. The minimum atomic E-state index is -0.185. The molecule has 0 saturated heterocycles. The van der Waals surface area contributed by atoms with E-state index in [0.717, 1.165) is 5.92 Å². The SMILES string of the molecule is CC(C)[C@@H]1C[C@H]1CNC(=O)c1cc(-c2ccn(C)n2)on1. The van der Waals surface area contributed by atoms with Gasteiger partial charge in [0.1, 0.15) is 5.69 Å². The predicted molar refractivity (Wildman–Crippen MR) is 77.5 cm³/mol. The lowest BCUT2D eigenvalue weighted by Crippen LogP contribution is -2.26. The molecule has 2 atom stereocenters. The minimum absolute atomic E-state index is 0.185. The number of hydrogen-bond donors (Lipinski definition) is 1. The summed E-state index contributed by atoms with van der Waals surface area (Å²) in [6.07, 6.45) is 3.02. The fourth-order valence-electron chi connectivity index (χ4n) is 2.69. The topological polar surface area (TPSA) is 73.0 Å². The van der Waals surface area contributed by atoms with Crippen LogP contribution in [-0.2, 0) is 7.05 Å². The van der Waals surface area contributed by atoms with Gasteiger partial charge >= 0.3 is 0 Å². The van der Waals surface area contributed by atoms with Crippen molar-refractivity contribution in [2.75, 3.05) is 6.54 Å². The Hall–Kier alpha value is -2.11. The first-order valence-corrected chi connectivity index (χ1v) is 7.29. The van der Waals surface area contributed by atoms with Gasteiger partial charge in [0.15, 0.2) is 11.5 Å². The van der Waals surface area contributed by atoms with Crippen LogP contribution < -0.4 is 5.32 Å². The van der Waals surface area contributed by atoms with Gasteiger partial charge < -0.3 is 9.84 Å². The van der Waals surface area contributed by atoms with Crippen LogP contribution in [0.1, 0.15) is 30.8 Å². The van der Waals surface area contributed by atoms with Gasteiger partial charge in [-0.2, -0.15) is 5.10 Å². The number of amides is 1. The second-order valence-corrected chi connectivity index (χ2v) is 6.06. The number of carbonyl (C=O) groups is 1. The molecule has 0 radical (unpaired) electrons. The van der Waals surface area contributed by atoms with Crippen LogP contribution in [-0.4, -0.2) is 27.4 Å². The molecule has 6 nitrogen and oxygen atoms in total. The molecule has 3 rings (SSSR count). The fourth-order valence-corrected chi connectivity index (χ4v) is 2.69. The van der Waals surface area contributed by atoms with E-state index in [1.165, 1.54) is 6.42 Å². The van der Waals surface area contributed by atoms with Crippen molar-refractivity contribution in [2.24, 2.45) is 24.8 Å². The van der Waals surface area contributed by atoms with Crippen molar-refractivity contribution in [1.82, 2.24) is 20.3 Å². The second-order valence-electron chi connectivity index (χ2n) is 6.06. The number of nitrogens with one attached hydrogen (secondary N) is 1. The Labute approximate surface area is 123 Å². The molecule has 1 fully saturated rings. The van der Waals surface area contributed by atoms with Crippen molar-refractivity contribution in [3.8, 4) is 11.5 Å². The van der Waals surface area contributed by atoms with E-state index in [0.29, 0.717) is 35.5 Å². The third-order valence-corrected chi connectivity index (χ3v) is 4.07. The van der Waals surface area contributed by atoms with Gasteiger partial charge in [-0.1, -0.05) is 19.0 Å². The molecular formula is C15H20N4O2. The van der Waals surface area contributed by atoms with Crippen LogP contribution in [0.5, 0.6) is 0 Å². The Kier molecular flexibility index (Phi) is 3.53. The molecule has 0 spiro atoms. The van der Waals surface area contributed by atoms with Gasteiger partial charge in [0, 0.05) is 25.9 Å². The molecule has 21 heavy (non-hydrogen) atoms. The van der Waals surface area contributed by atoms with Gasteiger partial charge in [0.25, 0.3) is 5.91 Å². The molecule has 0 aliphatic heterocycles. The zero-order valence-corrected chi connectivity index (χ0v) is 12.5. The molecule has 0 bridgehead atoms. The molecule has 6 heteroatoms. The number of nitrogens with zero attached hydrogens (tertiary/aromatic N) is 3. The third-order valence-electron chi connectivity index (χ3n) is 4.07. The number of aryl methyl sites for hydroxylation is 1. The third kappa shape index (κ3) is 2.99. The van der Waals surface area contributed by atoms with Crippen LogP contribution in [0, 0.1) is 17.8 Å². The van der Waals surface area contributed by atoms with Crippen LogP contribution >= 0.6 is 0 Å². The zero-order chi connectivity index (χ0) is 15.0. The van der Waals surface area contributed by atoms with E-state index in [1.54, 1.807) is 10.7 Å². The van der Waals surface area contributed by atoms with Crippen molar-refractivity contribution in [2.45, 2.75) is 20.3 Å². The highest BCUT2D eigenvalue weighted by Gasteiger charge is 2.39. The van der Waals surface area contributed by atoms with E-state index in [9.17, 15) is 4.79 Å². The summed E-state index contributed by atoms with van der Waals surface area (Å²) in [7, 11) is 1.83. The number of aromatic nitrogens is 3. The molecule has 2 aromatic heterocycles. The van der Waals surface area contributed by atoms with Crippen molar-refractivity contribution < 1.29 is 9.32 Å². The lowest BCUT2D eigenvalue weighted by Gasteiger charge is -2.04. The quantitative estimate of drug-likeness (QED) is 0.914. The molecule has 0 unspecified atom stereocenters. The van der Waals surface area contributed by atoms with Crippen LogP contribution in [0.3, 0.4) is 0 Å². The standard InChI is InChI=1S/C15H20N4O2/c1-9(2)11-6-10(11)8-16-15(20)13-7-14(21-18-13)12-4-5-19(3)17-12/h4-5,7,9-11H,6,8H2,1-3H3,(H,16,20)/t10-,11-/m0/s1. The van der Waals surface area contributed by atoms with E-state index in [1.807, 2.05) is 19.3 Å². The maximum atomic E-state index is 12.0. The van der Waals surface area contributed by atoms with Crippen molar-refractivity contribution in [1.29, 1.82) is 0 Å². The Bertz CT molecular complexity index is 644. The van der Waals surface area contributed by atoms with Gasteiger partial charge in [0.05, 0.1) is 0 Å². The maximum Gasteiger partial charge on any atom is 0.273 e. The van der Waals surface area contributed by atoms with Gasteiger partial charge in [0.2, 0.25) is 0 Å². The smallest absolute Gasteiger partial charge is 0.273 e. The molecule has 1 saturated carbocycles. The highest BCUT2D eigenvalue weighted by atomic mass is 16.5. The predicted octanol–water partition coefficient (Wildman–Crippen LogP) is 2.10. The zero-order valence-electron chi connectivity index (χ0n) is 12.5. The molecule has 1 aliphatic carbocycles. The number of rotatable bonds is 5. The van der Waals surface area contributed by atoms with Gasteiger partial charge in [-0.15, -0.1) is 0 Å². The average molecular weight is 288 g/mol. The van der Waals surface area contributed by atoms with Gasteiger partial charge in [-0.25, -0.2) is 0 Å². The summed E-state index contributed by atoms with van der Waals surface area (Å²) in [5.41, 5.74) is 0.975. The number of carbonyl (C=O) groups excluding carboxylic acids is 1. The molecule has 2 heterocycles. The van der Waals surface area contributed by atoms with Crippen LogP contribution in [0.25, 0.3) is 11.5 Å². The summed E-state index contributed by atoms with van der Waals surface area (Å²) in [6.45, 7) is 5.17. The summed E-state index contributed by atoms with van der Waals surface area (Å²) in [4.78, 5) is 12.0. The van der Waals surface area contributed by atoms with Crippen LogP contribution in [0.15, 0.2) is 22.9 Å². The maximum absolute atomic E-state index is 12.0. The Morgan fingerprint density at radius 3 is 3.00 bits per heavy atom. The summed E-state index contributed by atoms with van der Waals surface area (Å²) < 4.78 is 6.86. The van der Waals surface area contributed by atoms with Crippen molar-refractivity contribution >= 4 is 5.91 Å². The van der Waals surface area contributed by atoms with E-state index >= 15 is 0 Å². The highest BCUT2D eigenvalue weighted by molar-refractivity contribution is 5.92. The molecule has 0 aromatic carbocycles. The average Bonchev–Trinajstić information content (AvgIpc) is 2.84. The molecule has 112 valence electrons. The van der Waals surface area contributed by atoms with Crippen LogP contribution in [0.2, 0.25) is 0 Å². The fraction of sp³-hybridized carbons (Fsp3) is 0.533. The summed E-state index contributed by atoms with van der Waals surface area (Å²) >= 11 is 0. The molecule has 1 amide bonds. The number of hydrogen-bond acceptors (Lipinski definition) is 4. The summed E-state index contributed by atoms with van der Waals surface area (Å²) in [6, 6.07) is 3.45. The largest absolute Gasteiger partial charge is 0.354 e. The van der Waals surface area contributed by atoms with E-state index < -0.39 is 0 Å². The van der Waals surface area contributed by atoms with Gasteiger partial charge in [-0.05, 0) is 30.2 Å². The Balaban J connectivity index is 1.57. The van der Waals surface area contributed by atoms with E-state index in [2.05, 4.69) is 29.4 Å². The Morgan fingerprint density at radius 2 is 2.38 bits per heavy atom. The van der Waals surface area contributed by atoms with E-state index in [-0.39, 0.29) is 5.91 Å². The van der Waals surface area contributed by atoms with Gasteiger partial charge in [-0.3, -0.25) is 9.48 Å². The first-order chi connectivity index (χ1) is 10.0. The lowest BCUT2D eigenvalue weighted by molar-refractivity contribution is 0.0942. The Morgan fingerprint density at radius 1 is 1.57 bits per heavy atom. The van der Waals surface area contributed by atoms with Crippen molar-refractivity contribution in [3.05, 3.63) is 24.0 Å². The molecule has 2 aromatic rings. The van der Waals surface area contributed by atoms with Crippen LogP contribution in [0.4, 0.5) is 0 Å². The minimum Gasteiger partial charge on any atom is -0.354 e. The second kappa shape index (κ2) is 5.35. The molecule has 1 N–H and O–H groups in total. The summed E-state index contributed by atoms with van der Waals surface area (Å²) in [5.74, 6) is 2.36. The first-order valence-electron chi connectivity index (χ1n) is 7.29. The van der Waals surface area contributed by atoms with E-state index in [4.69, 9.17) is 4.52 Å². The normalized spacial score (nSPS) is 20.8. The molecule has 1 aliphatic rings.